The molecular weight excluding hydrogens is 1440 g/mol. The fourth-order valence-corrected chi connectivity index (χ4v) is 11.4. The molecule has 8 atom stereocenters. The van der Waals surface area contributed by atoms with Crippen molar-refractivity contribution in [3.05, 3.63) is 76.3 Å². The van der Waals surface area contributed by atoms with Gasteiger partial charge in [-0.05, 0) is 92.7 Å². The van der Waals surface area contributed by atoms with Crippen LogP contribution in [0.5, 0.6) is 5.75 Å². The van der Waals surface area contributed by atoms with Crippen molar-refractivity contribution in [1.29, 1.82) is 0 Å². The zero-order valence-corrected chi connectivity index (χ0v) is 65.5. The number of hydrogen-bond donors (Lipinski definition) is 7. The van der Waals surface area contributed by atoms with E-state index in [2.05, 4.69) is 37.2 Å². The van der Waals surface area contributed by atoms with Crippen LogP contribution in [0.3, 0.4) is 0 Å². The van der Waals surface area contributed by atoms with Gasteiger partial charge in [0.15, 0.2) is 6.10 Å². The zero-order chi connectivity index (χ0) is 77.2. The molecule has 2 aromatic rings. The van der Waals surface area contributed by atoms with Crippen LogP contribution in [-0.4, -0.2) is 211 Å². The average Bonchev–Trinajstić information content (AvgIpc) is 1.63. The number of hydrogen-bond acceptors (Lipinski definition) is 24. The summed E-state index contributed by atoms with van der Waals surface area (Å²) in [7, 11) is -2.94. The number of cyclic esters (lactones) is 2. The monoisotopic (exact) mass is 1540 g/mol. The smallest absolute Gasteiger partial charge is 0.748 e. The number of rotatable bonds is 43. The zero-order valence-electron chi connectivity index (χ0n) is 61.9. The summed E-state index contributed by atoms with van der Waals surface area (Å²) >= 11 is 6.41. The summed E-state index contributed by atoms with van der Waals surface area (Å²) in [5, 5.41) is 19.8. The molecule has 0 saturated carbocycles. The minimum absolute atomic E-state index is 0. The summed E-state index contributed by atoms with van der Waals surface area (Å²) < 4.78 is 77.2. The fourth-order valence-electron chi connectivity index (χ4n) is 10.8. The molecule has 7 N–H and O–H groups in total. The number of esters is 2. The van der Waals surface area contributed by atoms with Gasteiger partial charge in [0.05, 0.1) is 92.4 Å². The number of carbonyl (C=O) groups excluding carboxylic acids is 12. The van der Waals surface area contributed by atoms with Gasteiger partial charge in [0, 0.05) is 83.5 Å². The van der Waals surface area contributed by atoms with E-state index in [4.69, 9.17) is 54.3 Å². The van der Waals surface area contributed by atoms with E-state index in [-0.39, 0.29) is 191 Å². The van der Waals surface area contributed by atoms with Gasteiger partial charge >= 0.3 is 47.5 Å². The van der Waals surface area contributed by atoms with Crippen molar-refractivity contribution in [2.24, 2.45) is 23.2 Å². The molecule has 0 bridgehead atoms. The van der Waals surface area contributed by atoms with Crippen molar-refractivity contribution in [2.45, 2.75) is 181 Å². The van der Waals surface area contributed by atoms with E-state index in [9.17, 15) is 70.5 Å². The Morgan fingerprint density at radius 1 is 0.726 bits per heavy atom. The molecule has 5 rings (SSSR count). The fraction of sp³-hybridized carbons (Fsp3) is 0.634. The maximum Gasteiger partial charge on any atom is 1.00 e. The molecule has 32 nitrogen and oxygen atoms in total. The minimum Gasteiger partial charge on any atom is -0.748 e. The SMILES string of the molecule is COc1ccc(C[C@H]2NC(=O)/C=C/C[C@@H]([C@H](C)[C@H]3O[C@@H]3c3ccc(CNC(=O)[C@H](CCCCNC(=O)CCOCCOCCOCCOCCC(=O)NCCS(=O)(=O)[O-])NC(=O)[C@@H](NC(=O)CCCC(=O)ON4C(=O)CCC4=O)C(C)C)cc3)OC(=O)[C@H](CC(C)C)OC(=O)C(C)(C)CNC2=O)cc1Cl.[Na+]. The van der Waals surface area contributed by atoms with Gasteiger partial charge in [-0.3, -0.25) is 47.9 Å². The standard InChI is InChI=1S/C71H103ClN8O24S.Na/c1-44(2)39-55-69(91)101-53(14-11-15-58(83)77-52(41-48-20-23-54(96-8)50(72)40-48)67(89)76-43-71(6,7)70(92)102-55)46(5)64-65(103-64)49-21-18-47(19-22-49)42-75-66(88)51(78-68(90)63(45(3)4)79-59(84)16-12-17-62(87)104-80-60(85)24-25-61(80)86)13-9-10-28-73-56(81)26-30-97-32-34-99-36-37-100-35-33-98-31-27-57(82)74-29-38-105(93,94)95;/h11,15,18-23,40,44-46,51-53,55,63-65H,9-10,12-14,16-17,24-39,41-43H2,1-8H3,(H,73,81)(H,74,82)(H,75,88)(H,76,89)(H,77,83)(H,78,90)(H,79,84)(H,93,94,95);/q;+1/p-1/b15-11+;/t46-,51-,52+,53-,55-,63-,64+,65+;/m0./s1. The number of epoxide rings is 1. The van der Waals surface area contributed by atoms with Gasteiger partial charge in [-0.1, -0.05) is 82.6 Å². The van der Waals surface area contributed by atoms with E-state index in [0.717, 1.165) is 5.56 Å². The van der Waals surface area contributed by atoms with Gasteiger partial charge in [-0.2, -0.15) is 0 Å². The van der Waals surface area contributed by atoms with Crippen molar-refractivity contribution in [3.63, 3.8) is 0 Å². The topological polar surface area (TPSA) is 436 Å². The summed E-state index contributed by atoms with van der Waals surface area (Å²) in [6, 6.07) is 8.90. The summed E-state index contributed by atoms with van der Waals surface area (Å²) in [6.07, 6.45) is 0.110. The molecule has 0 aromatic heterocycles. The Balaban J connectivity index is 0.0000238. The first kappa shape index (κ1) is 91.2. The second kappa shape index (κ2) is 46.9. The van der Waals surface area contributed by atoms with Gasteiger partial charge in [0.1, 0.15) is 36.1 Å². The molecule has 0 unspecified atom stereocenters. The van der Waals surface area contributed by atoms with Crippen LogP contribution in [0.25, 0.3) is 0 Å². The first-order valence-corrected chi connectivity index (χ1v) is 37.2. The van der Waals surface area contributed by atoms with E-state index in [1.54, 1.807) is 58.0 Å². The number of hydroxylamine groups is 2. The first-order chi connectivity index (χ1) is 49.8. The van der Waals surface area contributed by atoms with Crippen LogP contribution in [0, 0.1) is 23.2 Å². The van der Waals surface area contributed by atoms with Crippen LogP contribution in [-0.2, 0) is 119 Å². The van der Waals surface area contributed by atoms with Gasteiger partial charge in [-0.25, -0.2) is 18.0 Å². The summed E-state index contributed by atoms with van der Waals surface area (Å²) in [5.74, 6) is -8.73. The molecule has 3 aliphatic rings. The third-order valence-electron chi connectivity index (χ3n) is 16.9. The number of benzene rings is 2. The van der Waals surface area contributed by atoms with Crippen LogP contribution < -0.4 is 71.5 Å². The molecule has 9 amide bonds. The maximum absolute atomic E-state index is 14.1. The molecule has 0 spiro atoms. The third kappa shape index (κ3) is 33.9. The Morgan fingerprint density at radius 2 is 1.33 bits per heavy atom. The summed E-state index contributed by atoms with van der Waals surface area (Å²) in [5.41, 5.74) is 0.743. The van der Waals surface area contributed by atoms with Crippen molar-refractivity contribution in [2.75, 3.05) is 85.4 Å². The van der Waals surface area contributed by atoms with E-state index in [1.165, 1.54) is 19.3 Å². The average molecular weight is 1540 g/mol. The van der Waals surface area contributed by atoms with E-state index in [1.807, 2.05) is 32.9 Å². The predicted molar refractivity (Wildman–Crippen MR) is 375 cm³/mol. The number of nitrogens with one attached hydrogen (secondary N) is 7. The summed E-state index contributed by atoms with van der Waals surface area (Å²) in [4.78, 5) is 162. The van der Waals surface area contributed by atoms with Gasteiger partial charge in [0.25, 0.3) is 11.8 Å². The van der Waals surface area contributed by atoms with Crippen LogP contribution >= 0.6 is 11.6 Å². The van der Waals surface area contributed by atoms with Gasteiger partial charge in [-0.15, -0.1) is 5.06 Å². The molecule has 0 aliphatic carbocycles. The number of ether oxygens (including phenoxy) is 8. The first-order valence-electron chi connectivity index (χ1n) is 35.3. The summed E-state index contributed by atoms with van der Waals surface area (Å²) in [6.45, 7) is 13.5. The maximum atomic E-state index is 14.1. The molecule has 2 aromatic carbocycles. The van der Waals surface area contributed by atoms with Crippen molar-refractivity contribution in [1.82, 2.24) is 42.3 Å². The second-order valence-electron chi connectivity index (χ2n) is 27.0. The second-order valence-corrected chi connectivity index (χ2v) is 28.9. The Labute approximate surface area is 645 Å². The molecule has 2 fully saturated rings. The number of nitrogens with zero attached hydrogens (tertiary/aromatic N) is 1. The number of imide groups is 1. The normalized spacial score (nSPS) is 19.6. The molecule has 584 valence electrons. The molecule has 35 heteroatoms. The van der Waals surface area contributed by atoms with Crippen LogP contribution in [0.4, 0.5) is 0 Å². The van der Waals surface area contributed by atoms with E-state index in [0.29, 0.717) is 39.8 Å². The van der Waals surface area contributed by atoms with Crippen LogP contribution in [0.1, 0.15) is 148 Å². The molecule has 3 aliphatic heterocycles. The van der Waals surface area contributed by atoms with Crippen LogP contribution in [0.15, 0.2) is 54.6 Å². The Bertz CT molecular complexity index is 3400. The number of carbonyl (C=O) groups is 12. The number of methoxy groups -OCH3 is 1. The van der Waals surface area contributed by atoms with Crippen molar-refractivity contribution in [3.8, 4) is 5.75 Å². The van der Waals surface area contributed by atoms with E-state index >= 15 is 0 Å². The number of unbranched alkanes of at least 4 members (excludes halogenated alkanes) is 1. The third-order valence-corrected chi connectivity index (χ3v) is 17.9. The molecule has 2 saturated heterocycles. The van der Waals surface area contributed by atoms with E-state index < -0.39 is 141 Å². The Hall–Kier alpha value is -7.18. The van der Waals surface area contributed by atoms with Crippen molar-refractivity contribution >= 4 is 92.8 Å². The van der Waals surface area contributed by atoms with Crippen molar-refractivity contribution < 1.29 is 143 Å². The Kier molecular flexibility index (Phi) is 40.4. The van der Waals surface area contributed by atoms with Gasteiger partial charge < -0.3 is 84.5 Å². The largest absolute Gasteiger partial charge is 1.00 e. The van der Waals surface area contributed by atoms with Gasteiger partial charge in [0.2, 0.25) is 41.4 Å². The Morgan fingerprint density at radius 3 is 1.92 bits per heavy atom. The quantitative estimate of drug-likeness (QED) is 0.0114. The van der Waals surface area contributed by atoms with Crippen LogP contribution in [0.2, 0.25) is 5.02 Å². The molecule has 106 heavy (non-hydrogen) atoms. The minimum atomic E-state index is -4.41. The predicted octanol–water partition coefficient (Wildman–Crippen LogP) is -0.0581. The molecule has 3 heterocycles. The molecule has 0 radical (unpaired) electrons. The molecular formula is C71H102ClN8NaO24S. The number of amides is 9. The number of halogens is 1.